The van der Waals surface area contributed by atoms with E-state index < -0.39 is 0 Å². The van der Waals surface area contributed by atoms with Crippen LogP contribution < -0.4 is 4.74 Å². The number of ether oxygens (including phenoxy) is 1. The number of ketones is 1. The molecule has 0 aliphatic carbocycles. The minimum absolute atomic E-state index is 0.0728. The molecule has 0 N–H and O–H groups in total. The number of carbonyl (C=O) groups excluding carboxylic acids is 1. The average molecular weight is 333 g/mol. The minimum atomic E-state index is 0.0728. The van der Waals surface area contributed by atoms with Gasteiger partial charge in [0, 0.05) is 10.9 Å². The highest BCUT2D eigenvalue weighted by molar-refractivity contribution is 9.10. The van der Waals surface area contributed by atoms with E-state index in [-0.39, 0.29) is 5.78 Å². The van der Waals surface area contributed by atoms with Gasteiger partial charge in [-0.25, -0.2) is 0 Å². The molecule has 104 valence electrons. The van der Waals surface area contributed by atoms with Crippen molar-refractivity contribution < 1.29 is 9.53 Å². The van der Waals surface area contributed by atoms with Crippen LogP contribution in [0.15, 0.2) is 53.0 Å². The number of benzene rings is 2. The molecule has 0 aliphatic heterocycles. The number of halogens is 1. The lowest BCUT2D eigenvalue weighted by atomic mass is 10.0. The van der Waals surface area contributed by atoms with Gasteiger partial charge in [-0.3, -0.25) is 4.79 Å². The molecule has 0 unspecified atom stereocenters. The maximum atomic E-state index is 12.4. The normalized spacial score (nSPS) is 10.3. The highest BCUT2D eigenvalue weighted by atomic mass is 79.9. The zero-order valence-electron chi connectivity index (χ0n) is 11.4. The Morgan fingerprint density at radius 1 is 1.10 bits per heavy atom. The molecule has 0 fully saturated rings. The Morgan fingerprint density at radius 2 is 1.80 bits per heavy atom. The first-order chi connectivity index (χ1) is 9.72. The third-order valence-electron chi connectivity index (χ3n) is 2.96. The first kappa shape index (κ1) is 14.8. The van der Waals surface area contributed by atoms with Gasteiger partial charge in [-0.05, 0) is 30.2 Å². The summed E-state index contributed by atoms with van der Waals surface area (Å²) in [7, 11) is 0. The molecule has 0 saturated heterocycles. The van der Waals surface area contributed by atoms with Gasteiger partial charge >= 0.3 is 0 Å². The van der Waals surface area contributed by atoms with Crippen molar-refractivity contribution >= 4 is 21.7 Å². The molecule has 20 heavy (non-hydrogen) atoms. The number of rotatable bonds is 6. The first-order valence-electron chi connectivity index (χ1n) is 6.70. The Labute approximate surface area is 127 Å². The van der Waals surface area contributed by atoms with Crippen molar-refractivity contribution in [3.63, 3.8) is 0 Å². The molecular formula is C17H17BrO2. The van der Waals surface area contributed by atoms with E-state index in [9.17, 15) is 4.79 Å². The Morgan fingerprint density at radius 3 is 2.55 bits per heavy atom. The molecule has 0 spiro atoms. The van der Waals surface area contributed by atoms with Crippen molar-refractivity contribution in [3.8, 4) is 5.75 Å². The van der Waals surface area contributed by atoms with E-state index in [1.807, 2.05) is 55.5 Å². The second kappa shape index (κ2) is 7.25. The molecular weight excluding hydrogens is 316 g/mol. The number of hydrogen-bond acceptors (Lipinski definition) is 2. The second-order valence-corrected chi connectivity index (χ2v) is 5.39. The van der Waals surface area contributed by atoms with Crippen LogP contribution >= 0.6 is 15.9 Å². The molecule has 0 aromatic heterocycles. The molecule has 3 heteroatoms. The number of hydrogen-bond donors (Lipinski definition) is 0. The molecule has 0 amide bonds. The molecule has 0 bridgehead atoms. The molecule has 0 radical (unpaired) electrons. The molecule has 0 atom stereocenters. The summed E-state index contributed by atoms with van der Waals surface area (Å²) in [4.78, 5) is 12.4. The van der Waals surface area contributed by atoms with E-state index in [1.54, 1.807) is 0 Å². The Hall–Kier alpha value is -1.61. The molecule has 2 aromatic rings. The third-order valence-corrected chi connectivity index (χ3v) is 3.73. The van der Waals surface area contributed by atoms with E-state index in [0.29, 0.717) is 24.3 Å². The highest BCUT2D eigenvalue weighted by Gasteiger charge is 2.13. The molecule has 2 aromatic carbocycles. The van der Waals surface area contributed by atoms with Crippen molar-refractivity contribution in [2.45, 2.75) is 19.8 Å². The Balaban J connectivity index is 2.19. The summed E-state index contributed by atoms with van der Waals surface area (Å²) in [6.45, 7) is 2.67. The van der Waals surface area contributed by atoms with Crippen molar-refractivity contribution in [1.29, 1.82) is 0 Å². The van der Waals surface area contributed by atoms with Gasteiger partial charge in [0.1, 0.15) is 5.75 Å². The van der Waals surface area contributed by atoms with Crippen molar-refractivity contribution in [1.82, 2.24) is 0 Å². The Bertz CT molecular complexity index is 593. The Kier molecular flexibility index (Phi) is 5.36. The number of Topliss-reactive ketones (excluding diaryl/α,β-unsaturated/α-hetero) is 1. The second-order valence-electron chi connectivity index (χ2n) is 4.54. The fourth-order valence-electron chi connectivity index (χ4n) is 1.94. The molecule has 0 aliphatic rings. The summed E-state index contributed by atoms with van der Waals surface area (Å²) < 4.78 is 6.60. The molecule has 2 rings (SSSR count). The topological polar surface area (TPSA) is 26.3 Å². The smallest absolute Gasteiger partial charge is 0.170 e. The summed E-state index contributed by atoms with van der Waals surface area (Å²) >= 11 is 3.47. The summed E-state index contributed by atoms with van der Waals surface area (Å²) in [5, 5.41) is 0. The average Bonchev–Trinajstić information content (AvgIpc) is 2.47. The monoisotopic (exact) mass is 332 g/mol. The van der Waals surface area contributed by atoms with E-state index in [2.05, 4.69) is 15.9 Å². The van der Waals surface area contributed by atoms with Crippen molar-refractivity contribution in [3.05, 3.63) is 64.1 Å². The van der Waals surface area contributed by atoms with Gasteiger partial charge in [0.15, 0.2) is 5.78 Å². The van der Waals surface area contributed by atoms with Crippen LogP contribution in [-0.4, -0.2) is 12.4 Å². The summed E-state index contributed by atoms with van der Waals surface area (Å²) in [6.07, 6.45) is 1.29. The number of carbonyl (C=O) groups is 1. The van der Waals surface area contributed by atoms with Crippen LogP contribution in [0.2, 0.25) is 0 Å². The summed E-state index contributed by atoms with van der Waals surface area (Å²) in [6, 6.07) is 15.2. The quantitative estimate of drug-likeness (QED) is 0.719. The number of para-hydroxylation sites is 1. The maximum absolute atomic E-state index is 12.4. The van der Waals surface area contributed by atoms with Gasteiger partial charge in [-0.15, -0.1) is 0 Å². The van der Waals surface area contributed by atoms with Crippen LogP contribution in [0, 0.1) is 0 Å². The zero-order chi connectivity index (χ0) is 14.4. The predicted octanol–water partition coefficient (Wildman–Crippen LogP) is 4.66. The van der Waals surface area contributed by atoms with Gasteiger partial charge < -0.3 is 4.74 Å². The zero-order valence-corrected chi connectivity index (χ0v) is 13.0. The SMILES string of the molecule is CCCOc1ccccc1C(=O)Cc1ccccc1Br. The lowest BCUT2D eigenvalue weighted by Gasteiger charge is -2.10. The van der Waals surface area contributed by atoms with Crippen molar-refractivity contribution in [2.24, 2.45) is 0 Å². The van der Waals surface area contributed by atoms with Crippen molar-refractivity contribution in [2.75, 3.05) is 6.61 Å². The largest absolute Gasteiger partial charge is 0.493 e. The predicted molar refractivity (Wildman–Crippen MR) is 84.4 cm³/mol. The van der Waals surface area contributed by atoms with Gasteiger partial charge in [-0.1, -0.05) is 53.2 Å². The van der Waals surface area contributed by atoms with E-state index in [0.717, 1.165) is 16.5 Å². The van der Waals surface area contributed by atoms with Crippen LogP contribution in [0.4, 0.5) is 0 Å². The third kappa shape index (κ3) is 3.70. The fourth-order valence-corrected chi connectivity index (χ4v) is 2.37. The van der Waals surface area contributed by atoms with E-state index >= 15 is 0 Å². The fraction of sp³-hybridized carbons (Fsp3) is 0.235. The molecule has 2 nitrogen and oxygen atoms in total. The van der Waals surface area contributed by atoms with Crippen LogP contribution in [0.3, 0.4) is 0 Å². The van der Waals surface area contributed by atoms with Crippen LogP contribution in [-0.2, 0) is 6.42 Å². The highest BCUT2D eigenvalue weighted by Crippen LogP contribution is 2.23. The van der Waals surface area contributed by atoms with E-state index in [4.69, 9.17) is 4.74 Å². The minimum Gasteiger partial charge on any atom is -0.493 e. The van der Waals surface area contributed by atoms with Gasteiger partial charge in [-0.2, -0.15) is 0 Å². The summed E-state index contributed by atoms with van der Waals surface area (Å²) in [5.41, 5.74) is 1.64. The van der Waals surface area contributed by atoms with Crippen LogP contribution in [0.25, 0.3) is 0 Å². The van der Waals surface area contributed by atoms with Gasteiger partial charge in [0.25, 0.3) is 0 Å². The first-order valence-corrected chi connectivity index (χ1v) is 7.50. The molecule has 0 heterocycles. The van der Waals surface area contributed by atoms with Crippen LogP contribution in [0.5, 0.6) is 5.75 Å². The summed E-state index contributed by atoms with van der Waals surface area (Å²) in [5.74, 6) is 0.745. The standard InChI is InChI=1S/C17H17BrO2/c1-2-11-20-17-10-6-4-8-14(17)16(19)12-13-7-3-5-9-15(13)18/h3-10H,2,11-12H2,1H3. The molecule has 0 saturated carbocycles. The lowest BCUT2D eigenvalue weighted by molar-refractivity contribution is 0.0989. The lowest BCUT2D eigenvalue weighted by Crippen LogP contribution is -2.07. The van der Waals surface area contributed by atoms with Crippen LogP contribution in [0.1, 0.15) is 29.3 Å². The van der Waals surface area contributed by atoms with Gasteiger partial charge in [0.2, 0.25) is 0 Å². The van der Waals surface area contributed by atoms with Gasteiger partial charge in [0.05, 0.1) is 12.2 Å². The maximum Gasteiger partial charge on any atom is 0.170 e. The van der Waals surface area contributed by atoms with E-state index in [1.165, 1.54) is 0 Å².